The molecule has 0 saturated heterocycles. The van der Waals surface area contributed by atoms with Crippen LogP contribution in [0.5, 0.6) is 5.88 Å². The van der Waals surface area contributed by atoms with Gasteiger partial charge in [0.15, 0.2) is 0 Å². The summed E-state index contributed by atoms with van der Waals surface area (Å²) in [6.45, 7) is 7.97. The van der Waals surface area contributed by atoms with Crippen LogP contribution in [0.15, 0.2) is 47.1 Å². The van der Waals surface area contributed by atoms with Crippen molar-refractivity contribution in [3.05, 3.63) is 65.6 Å². The van der Waals surface area contributed by atoms with Gasteiger partial charge in [0.1, 0.15) is 34.3 Å². The van der Waals surface area contributed by atoms with Gasteiger partial charge in [0.05, 0.1) is 30.2 Å². The molecule has 0 aliphatic carbocycles. The molecule has 194 valence electrons. The fourth-order valence-electron chi connectivity index (χ4n) is 4.21. The van der Waals surface area contributed by atoms with E-state index in [2.05, 4.69) is 32.0 Å². The zero-order chi connectivity index (χ0) is 25.4. The number of rotatable bonds is 6. The highest BCUT2D eigenvalue weighted by molar-refractivity contribution is 6.09. The third-order valence-corrected chi connectivity index (χ3v) is 5.98. The van der Waals surface area contributed by atoms with E-state index in [0.29, 0.717) is 34.3 Å². The van der Waals surface area contributed by atoms with Crippen LogP contribution in [0, 0.1) is 12.7 Å². The Hall–Kier alpha value is -3.76. The lowest BCUT2D eigenvalue weighted by Crippen LogP contribution is -2.30. The molecule has 0 radical (unpaired) electrons. The van der Waals surface area contributed by atoms with E-state index >= 15 is 0 Å². The van der Waals surface area contributed by atoms with Crippen LogP contribution < -0.4 is 10.1 Å². The lowest BCUT2D eigenvalue weighted by atomic mass is 10.1. The standard InChI is InChI=1S/C26H27FN6O3.ClH/c1-15(2)35-26-20(10-9-19(30-26)21-13-28-22-14-32(4)11-12-33(21)22)29-25(34)23-16(3)36-31-24(23)17-5-7-18(27)8-6-17;/h5-10,13,15H,11-12,14H2,1-4H3,(H,29,34);1H. The number of benzene rings is 1. The molecular formula is C26H28ClFN6O3. The molecule has 9 nitrogen and oxygen atoms in total. The molecule has 1 amide bonds. The minimum absolute atomic E-state index is 0. The molecule has 1 aromatic carbocycles. The molecule has 0 bridgehead atoms. The average molecular weight is 527 g/mol. The van der Waals surface area contributed by atoms with Crippen LogP contribution in [0.4, 0.5) is 10.1 Å². The first-order chi connectivity index (χ1) is 17.3. The molecule has 5 rings (SSSR count). The molecular weight excluding hydrogens is 499 g/mol. The number of hydrogen-bond acceptors (Lipinski definition) is 7. The van der Waals surface area contributed by atoms with Crippen molar-refractivity contribution in [3.8, 4) is 28.5 Å². The molecule has 37 heavy (non-hydrogen) atoms. The number of amides is 1. The lowest BCUT2D eigenvalue weighted by molar-refractivity contribution is 0.102. The van der Waals surface area contributed by atoms with E-state index in [4.69, 9.17) is 14.2 Å². The van der Waals surface area contributed by atoms with E-state index in [1.807, 2.05) is 26.1 Å². The molecule has 0 atom stereocenters. The number of aromatic nitrogens is 4. The third kappa shape index (κ3) is 5.35. The molecule has 1 aliphatic rings. The van der Waals surface area contributed by atoms with Crippen LogP contribution in [-0.4, -0.2) is 50.2 Å². The monoisotopic (exact) mass is 526 g/mol. The number of fused-ring (bicyclic) bond motifs is 1. The highest BCUT2D eigenvalue weighted by atomic mass is 35.5. The zero-order valence-electron chi connectivity index (χ0n) is 21.0. The molecule has 0 fully saturated rings. The van der Waals surface area contributed by atoms with E-state index in [9.17, 15) is 9.18 Å². The van der Waals surface area contributed by atoms with Crippen LogP contribution in [-0.2, 0) is 13.1 Å². The van der Waals surface area contributed by atoms with Gasteiger partial charge in [0.2, 0.25) is 5.88 Å². The fraction of sp³-hybridized carbons (Fsp3) is 0.308. The van der Waals surface area contributed by atoms with Crippen LogP contribution >= 0.6 is 12.4 Å². The number of ether oxygens (including phenoxy) is 1. The maximum Gasteiger partial charge on any atom is 0.261 e. The van der Waals surface area contributed by atoms with Gasteiger partial charge >= 0.3 is 0 Å². The van der Waals surface area contributed by atoms with Gasteiger partial charge in [0, 0.05) is 18.7 Å². The molecule has 4 aromatic rings. The van der Waals surface area contributed by atoms with Crippen molar-refractivity contribution < 1.29 is 18.4 Å². The van der Waals surface area contributed by atoms with Crippen molar-refractivity contribution in [2.24, 2.45) is 0 Å². The molecule has 0 unspecified atom stereocenters. The predicted octanol–water partition coefficient (Wildman–Crippen LogP) is 4.95. The number of pyridine rings is 1. The lowest BCUT2D eigenvalue weighted by Gasteiger charge is -2.24. The summed E-state index contributed by atoms with van der Waals surface area (Å²) < 4.78 is 26.8. The predicted molar refractivity (Wildman–Crippen MR) is 139 cm³/mol. The van der Waals surface area contributed by atoms with Gasteiger partial charge in [0.25, 0.3) is 5.91 Å². The summed E-state index contributed by atoms with van der Waals surface area (Å²) in [4.78, 5) is 24.9. The zero-order valence-corrected chi connectivity index (χ0v) is 21.8. The second-order valence-corrected chi connectivity index (χ2v) is 9.09. The van der Waals surface area contributed by atoms with Gasteiger partial charge in [-0.25, -0.2) is 14.4 Å². The van der Waals surface area contributed by atoms with Crippen molar-refractivity contribution in [1.29, 1.82) is 0 Å². The number of nitrogens with zero attached hydrogens (tertiary/aromatic N) is 5. The van der Waals surface area contributed by atoms with Gasteiger partial charge in [-0.05, 0) is 64.2 Å². The Morgan fingerprint density at radius 3 is 2.65 bits per heavy atom. The van der Waals surface area contributed by atoms with Gasteiger partial charge in [-0.15, -0.1) is 12.4 Å². The molecule has 1 N–H and O–H groups in total. The van der Waals surface area contributed by atoms with Crippen molar-refractivity contribution >= 4 is 24.0 Å². The number of hydrogen-bond donors (Lipinski definition) is 1. The number of likely N-dealkylation sites (N-methyl/N-ethyl adjacent to an activating group) is 1. The normalized spacial score (nSPS) is 13.2. The Morgan fingerprint density at radius 1 is 1.16 bits per heavy atom. The van der Waals surface area contributed by atoms with Crippen molar-refractivity contribution in [3.63, 3.8) is 0 Å². The maximum atomic E-state index is 13.4. The van der Waals surface area contributed by atoms with Crippen molar-refractivity contribution in [2.45, 2.75) is 40.0 Å². The molecule has 1 aliphatic heterocycles. The van der Waals surface area contributed by atoms with Crippen LogP contribution in [0.1, 0.15) is 35.8 Å². The van der Waals surface area contributed by atoms with Crippen molar-refractivity contribution in [1.82, 2.24) is 24.6 Å². The van der Waals surface area contributed by atoms with Gasteiger partial charge in [-0.2, -0.15) is 0 Å². The Kier molecular flexibility index (Phi) is 7.60. The second kappa shape index (κ2) is 10.7. The average Bonchev–Trinajstić information content (AvgIpc) is 3.43. The maximum absolute atomic E-state index is 13.4. The topological polar surface area (TPSA) is 98.3 Å². The van der Waals surface area contributed by atoms with E-state index in [-0.39, 0.29) is 29.9 Å². The summed E-state index contributed by atoms with van der Waals surface area (Å²) >= 11 is 0. The SMILES string of the molecule is Cc1onc(-c2ccc(F)cc2)c1C(=O)Nc1ccc(-c2cnc3n2CCN(C)C3)nc1OC(C)C.Cl. The second-order valence-electron chi connectivity index (χ2n) is 9.09. The fourth-order valence-corrected chi connectivity index (χ4v) is 4.21. The Labute approximate surface area is 220 Å². The Morgan fingerprint density at radius 2 is 1.92 bits per heavy atom. The van der Waals surface area contributed by atoms with Crippen molar-refractivity contribution in [2.75, 3.05) is 18.9 Å². The summed E-state index contributed by atoms with van der Waals surface area (Å²) in [5.41, 5.74) is 3.19. The third-order valence-electron chi connectivity index (χ3n) is 5.98. The van der Waals surface area contributed by atoms with E-state index < -0.39 is 5.91 Å². The van der Waals surface area contributed by atoms with Gasteiger partial charge < -0.3 is 19.1 Å². The largest absolute Gasteiger partial charge is 0.473 e. The number of anilines is 1. The Balaban J connectivity index is 0.00000320. The molecule has 3 aromatic heterocycles. The number of carbonyl (C=O) groups is 1. The summed E-state index contributed by atoms with van der Waals surface area (Å²) in [6, 6.07) is 9.34. The minimum atomic E-state index is -0.430. The number of imidazole rings is 1. The van der Waals surface area contributed by atoms with Crippen LogP contribution in [0.2, 0.25) is 0 Å². The summed E-state index contributed by atoms with van der Waals surface area (Å²) in [7, 11) is 2.07. The number of halogens is 2. The molecule has 0 saturated carbocycles. The van der Waals surface area contributed by atoms with E-state index in [1.54, 1.807) is 25.1 Å². The highest BCUT2D eigenvalue weighted by Crippen LogP contribution is 2.31. The number of aryl methyl sites for hydroxylation is 1. The Bertz CT molecular complexity index is 1420. The van der Waals surface area contributed by atoms with Gasteiger partial charge in [-0.3, -0.25) is 9.69 Å². The van der Waals surface area contributed by atoms with Crippen LogP contribution in [0.3, 0.4) is 0 Å². The van der Waals surface area contributed by atoms with Crippen LogP contribution in [0.25, 0.3) is 22.6 Å². The summed E-state index contributed by atoms with van der Waals surface area (Å²) in [6.07, 6.45) is 1.66. The smallest absolute Gasteiger partial charge is 0.261 e. The summed E-state index contributed by atoms with van der Waals surface area (Å²) in [5.74, 6) is 0.829. The first kappa shape index (κ1) is 26.3. The quantitative estimate of drug-likeness (QED) is 0.379. The molecule has 11 heteroatoms. The first-order valence-corrected chi connectivity index (χ1v) is 11.7. The first-order valence-electron chi connectivity index (χ1n) is 11.7. The molecule has 0 spiro atoms. The molecule has 4 heterocycles. The van der Waals surface area contributed by atoms with E-state index in [0.717, 1.165) is 31.2 Å². The minimum Gasteiger partial charge on any atom is -0.473 e. The van der Waals surface area contributed by atoms with E-state index in [1.165, 1.54) is 12.1 Å². The number of carbonyl (C=O) groups excluding carboxylic acids is 1. The highest BCUT2D eigenvalue weighted by Gasteiger charge is 2.24. The van der Waals surface area contributed by atoms with Gasteiger partial charge in [-0.1, -0.05) is 5.16 Å². The number of nitrogens with one attached hydrogen (secondary N) is 1. The summed E-state index contributed by atoms with van der Waals surface area (Å²) in [5, 5.41) is 6.92.